The normalized spacial score (nSPS) is 12.0. The molecule has 23 heavy (non-hydrogen) atoms. The number of nitrogens with one attached hydrogen (secondary N) is 2. The third-order valence-electron chi connectivity index (χ3n) is 3.57. The van der Waals surface area contributed by atoms with Crippen LogP contribution in [0.2, 0.25) is 0 Å². The van der Waals surface area contributed by atoms with Crippen molar-refractivity contribution < 1.29 is 4.79 Å². The molecule has 0 spiro atoms. The first kappa shape index (κ1) is 17.4. The van der Waals surface area contributed by atoms with Gasteiger partial charge in [0.25, 0.3) is 0 Å². The van der Waals surface area contributed by atoms with E-state index in [2.05, 4.69) is 41.7 Å². The van der Waals surface area contributed by atoms with Crippen LogP contribution in [0.3, 0.4) is 0 Å². The summed E-state index contributed by atoms with van der Waals surface area (Å²) in [5.41, 5.74) is 2.87. The lowest BCUT2D eigenvalue weighted by Crippen LogP contribution is -2.28. The second-order valence-corrected chi connectivity index (χ2v) is 7.16. The second kappa shape index (κ2) is 8.06. The average Bonchev–Trinajstić information content (AvgIpc) is 2.93. The average molecular weight is 332 g/mol. The Kier molecular flexibility index (Phi) is 6.10. The Morgan fingerprint density at radius 2 is 2.22 bits per heavy atom. The maximum Gasteiger partial charge on any atom is 0.319 e. The maximum atomic E-state index is 12.0. The van der Waals surface area contributed by atoms with E-state index in [-0.39, 0.29) is 6.03 Å². The number of aryl methyl sites for hydroxylation is 2. The van der Waals surface area contributed by atoms with Crippen molar-refractivity contribution in [1.82, 2.24) is 15.1 Å². The summed E-state index contributed by atoms with van der Waals surface area (Å²) in [7, 11) is 1.85. The highest BCUT2D eigenvalue weighted by molar-refractivity contribution is 7.99. The zero-order valence-electron chi connectivity index (χ0n) is 14.1. The van der Waals surface area contributed by atoms with Gasteiger partial charge in [-0.2, -0.15) is 5.10 Å². The number of carbonyl (C=O) groups excluding carboxylic acids is 1. The SMILES string of the molecule is CC[C@@H](C)Sc1ccc(NC(=O)NCc2cnn(C)c2)c(C)c1. The lowest BCUT2D eigenvalue weighted by Gasteiger charge is -2.12. The number of urea groups is 1. The van der Waals surface area contributed by atoms with Gasteiger partial charge in [0, 0.05) is 41.2 Å². The summed E-state index contributed by atoms with van der Waals surface area (Å²) in [5.74, 6) is 0. The molecule has 1 aromatic carbocycles. The number of aromatic nitrogens is 2. The number of nitrogens with zero attached hydrogens (tertiary/aromatic N) is 2. The summed E-state index contributed by atoms with van der Waals surface area (Å²) in [6.45, 7) is 6.88. The van der Waals surface area contributed by atoms with E-state index in [1.807, 2.05) is 38.0 Å². The molecule has 5 nitrogen and oxygen atoms in total. The topological polar surface area (TPSA) is 59.0 Å². The quantitative estimate of drug-likeness (QED) is 0.788. The Bertz CT molecular complexity index is 668. The van der Waals surface area contributed by atoms with Crippen molar-refractivity contribution in [3.8, 4) is 0 Å². The van der Waals surface area contributed by atoms with E-state index in [9.17, 15) is 4.79 Å². The predicted octanol–water partition coefficient (Wildman–Crippen LogP) is 3.94. The smallest absolute Gasteiger partial charge is 0.319 e. The fourth-order valence-electron chi connectivity index (χ4n) is 2.08. The van der Waals surface area contributed by atoms with E-state index >= 15 is 0 Å². The van der Waals surface area contributed by atoms with Crippen molar-refractivity contribution in [2.45, 2.75) is 43.9 Å². The van der Waals surface area contributed by atoms with E-state index < -0.39 is 0 Å². The first-order valence-electron chi connectivity index (χ1n) is 7.77. The fourth-order valence-corrected chi connectivity index (χ4v) is 3.10. The maximum absolute atomic E-state index is 12.0. The summed E-state index contributed by atoms with van der Waals surface area (Å²) in [5, 5.41) is 10.4. The van der Waals surface area contributed by atoms with Crippen LogP contribution in [-0.4, -0.2) is 21.1 Å². The molecule has 2 amide bonds. The number of hydrogen-bond acceptors (Lipinski definition) is 3. The highest BCUT2D eigenvalue weighted by Crippen LogP contribution is 2.28. The Morgan fingerprint density at radius 1 is 1.43 bits per heavy atom. The molecule has 0 saturated carbocycles. The number of carbonyl (C=O) groups is 1. The lowest BCUT2D eigenvalue weighted by atomic mass is 10.2. The molecule has 0 unspecified atom stereocenters. The van der Waals surface area contributed by atoms with Crippen LogP contribution in [0.4, 0.5) is 10.5 Å². The van der Waals surface area contributed by atoms with E-state index in [1.165, 1.54) is 4.90 Å². The van der Waals surface area contributed by atoms with Crippen molar-refractivity contribution in [1.29, 1.82) is 0 Å². The van der Waals surface area contributed by atoms with Crippen LogP contribution in [0.1, 0.15) is 31.4 Å². The molecule has 2 N–H and O–H groups in total. The molecule has 0 aliphatic rings. The van der Waals surface area contributed by atoms with Crippen molar-refractivity contribution in [2.24, 2.45) is 7.05 Å². The van der Waals surface area contributed by atoms with Gasteiger partial charge in [0.1, 0.15) is 0 Å². The molecule has 1 atom stereocenters. The molecule has 2 rings (SSSR count). The van der Waals surface area contributed by atoms with Crippen LogP contribution < -0.4 is 10.6 Å². The van der Waals surface area contributed by atoms with E-state index in [1.54, 1.807) is 10.9 Å². The molecule has 6 heteroatoms. The molecule has 124 valence electrons. The fraction of sp³-hybridized carbons (Fsp3) is 0.412. The molecular weight excluding hydrogens is 308 g/mol. The van der Waals surface area contributed by atoms with E-state index in [4.69, 9.17) is 0 Å². The van der Waals surface area contributed by atoms with Crippen molar-refractivity contribution in [3.63, 3.8) is 0 Å². The molecule has 2 aromatic rings. The molecule has 1 heterocycles. The largest absolute Gasteiger partial charge is 0.334 e. The number of amides is 2. The number of benzene rings is 1. The Morgan fingerprint density at radius 3 is 2.83 bits per heavy atom. The molecule has 0 radical (unpaired) electrons. The molecule has 0 saturated heterocycles. The van der Waals surface area contributed by atoms with Crippen molar-refractivity contribution in [3.05, 3.63) is 41.7 Å². The highest BCUT2D eigenvalue weighted by Gasteiger charge is 2.07. The van der Waals surface area contributed by atoms with Gasteiger partial charge in [-0.1, -0.05) is 13.8 Å². The van der Waals surface area contributed by atoms with Crippen LogP contribution in [0, 0.1) is 6.92 Å². The van der Waals surface area contributed by atoms with Gasteiger partial charge in [0.05, 0.1) is 6.20 Å². The Labute approximate surface area is 141 Å². The van der Waals surface area contributed by atoms with Crippen LogP contribution in [0.15, 0.2) is 35.5 Å². The first-order valence-corrected chi connectivity index (χ1v) is 8.65. The molecule has 0 bridgehead atoms. The van der Waals surface area contributed by atoms with Crippen molar-refractivity contribution >= 4 is 23.5 Å². The molecule has 1 aromatic heterocycles. The summed E-state index contributed by atoms with van der Waals surface area (Å²) in [6, 6.07) is 5.93. The number of anilines is 1. The molecule has 0 aliphatic heterocycles. The summed E-state index contributed by atoms with van der Waals surface area (Å²) < 4.78 is 1.72. The van der Waals surface area contributed by atoms with Gasteiger partial charge in [-0.25, -0.2) is 4.79 Å². The minimum Gasteiger partial charge on any atom is -0.334 e. The van der Waals surface area contributed by atoms with E-state index in [0.717, 1.165) is 23.2 Å². The van der Waals surface area contributed by atoms with Gasteiger partial charge in [0.15, 0.2) is 0 Å². The van der Waals surface area contributed by atoms with Gasteiger partial charge in [-0.3, -0.25) is 4.68 Å². The third-order valence-corrected chi connectivity index (χ3v) is 4.83. The van der Waals surface area contributed by atoms with Crippen LogP contribution in [-0.2, 0) is 13.6 Å². The monoisotopic (exact) mass is 332 g/mol. The van der Waals surface area contributed by atoms with Gasteiger partial charge < -0.3 is 10.6 Å². The lowest BCUT2D eigenvalue weighted by molar-refractivity contribution is 0.251. The van der Waals surface area contributed by atoms with Crippen LogP contribution in [0.25, 0.3) is 0 Å². The summed E-state index contributed by atoms with van der Waals surface area (Å²) in [6.07, 6.45) is 4.76. The predicted molar refractivity (Wildman–Crippen MR) is 95.9 cm³/mol. The number of rotatable bonds is 6. The van der Waals surface area contributed by atoms with Gasteiger partial charge in [-0.05, 0) is 37.1 Å². The summed E-state index contributed by atoms with van der Waals surface area (Å²) in [4.78, 5) is 13.2. The Hall–Kier alpha value is -1.95. The highest BCUT2D eigenvalue weighted by atomic mass is 32.2. The van der Waals surface area contributed by atoms with Gasteiger partial charge in [-0.15, -0.1) is 11.8 Å². The standard InChI is InChI=1S/C17H24N4OS/c1-5-13(3)23-15-6-7-16(12(2)8-15)20-17(22)18-9-14-10-19-21(4)11-14/h6-8,10-11,13H,5,9H2,1-4H3,(H2,18,20,22)/t13-/m1/s1. The molecular formula is C17H24N4OS. The first-order chi connectivity index (χ1) is 11.0. The molecule has 0 aliphatic carbocycles. The zero-order valence-corrected chi connectivity index (χ0v) is 14.9. The number of hydrogen-bond donors (Lipinski definition) is 2. The minimum absolute atomic E-state index is 0.209. The van der Waals surface area contributed by atoms with Crippen LogP contribution >= 0.6 is 11.8 Å². The Balaban J connectivity index is 1.90. The third kappa shape index (κ3) is 5.32. The second-order valence-electron chi connectivity index (χ2n) is 5.64. The number of thioether (sulfide) groups is 1. The summed E-state index contributed by atoms with van der Waals surface area (Å²) >= 11 is 1.86. The van der Waals surface area contributed by atoms with Crippen LogP contribution in [0.5, 0.6) is 0 Å². The zero-order chi connectivity index (χ0) is 16.8. The minimum atomic E-state index is -0.209. The molecule has 0 fully saturated rings. The van der Waals surface area contributed by atoms with Gasteiger partial charge in [0.2, 0.25) is 0 Å². The van der Waals surface area contributed by atoms with Crippen molar-refractivity contribution in [2.75, 3.05) is 5.32 Å². The van der Waals surface area contributed by atoms with Gasteiger partial charge >= 0.3 is 6.03 Å². The van der Waals surface area contributed by atoms with E-state index in [0.29, 0.717) is 11.8 Å².